The summed E-state index contributed by atoms with van der Waals surface area (Å²) in [6.07, 6.45) is 2.36. The third-order valence-electron chi connectivity index (χ3n) is 3.22. The van der Waals surface area contributed by atoms with Crippen molar-refractivity contribution in [3.63, 3.8) is 0 Å². The van der Waals surface area contributed by atoms with E-state index in [4.69, 9.17) is 0 Å². The molecule has 0 saturated carbocycles. The van der Waals surface area contributed by atoms with E-state index in [0.29, 0.717) is 5.75 Å². The highest BCUT2D eigenvalue weighted by atomic mass is 16.3. The highest BCUT2D eigenvalue weighted by Crippen LogP contribution is 2.42. The fourth-order valence-corrected chi connectivity index (χ4v) is 2.48. The highest BCUT2D eigenvalue weighted by molar-refractivity contribution is 5.49. The van der Waals surface area contributed by atoms with E-state index in [1.54, 1.807) is 0 Å². The van der Waals surface area contributed by atoms with Crippen LogP contribution in [0.15, 0.2) is 12.1 Å². The van der Waals surface area contributed by atoms with Gasteiger partial charge in [0.05, 0.1) is 0 Å². The van der Waals surface area contributed by atoms with Gasteiger partial charge in [-0.15, -0.1) is 0 Å². The minimum absolute atomic E-state index is 0.248. The Kier molecular flexibility index (Phi) is 1.66. The first-order valence-electron chi connectivity index (χ1n) is 4.84. The van der Waals surface area contributed by atoms with Crippen molar-refractivity contribution in [3.8, 4) is 5.75 Å². The quantitative estimate of drug-likeness (QED) is 0.644. The standard InChI is InChI=1S/C12H16O/c1-8-10(13)5-4-9-6-7-12(2,3)11(8)9/h4-5,13H,6-7H2,1-3H3. The molecule has 2 rings (SSSR count). The SMILES string of the molecule is Cc1c(O)ccc2c1C(C)(C)CC2. The maximum absolute atomic E-state index is 9.62. The second-order valence-electron chi connectivity index (χ2n) is 4.63. The van der Waals surface area contributed by atoms with Gasteiger partial charge in [-0.05, 0) is 47.9 Å². The molecule has 0 fully saturated rings. The number of phenolic OH excluding ortho intramolecular Hbond substituents is 1. The Morgan fingerprint density at radius 2 is 2.00 bits per heavy atom. The summed E-state index contributed by atoms with van der Waals surface area (Å²) in [5.41, 5.74) is 4.10. The summed E-state index contributed by atoms with van der Waals surface area (Å²) in [5.74, 6) is 0.439. The van der Waals surface area contributed by atoms with E-state index in [-0.39, 0.29) is 5.41 Å². The molecule has 1 aliphatic rings. The normalized spacial score (nSPS) is 18.7. The van der Waals surface area contributed by atoms with Crippen molar-refractivity contribution >= 4 is 0 Å². The molecule has 0 aliphatic heterocycles. The van der Waals surface area contributed by atoms with Crippen LogP contribution in [0.2, 0.25) is 0 Å². The van der Waals surface area contributed by atoms with Crippen LogP contribution >= 0.6 is 0 Å². The molecule has 0 aromatic heterocycles. The van der Waals surface area contributed by atoms with Gasteiger partial charge in [-0.25, -0.2) is 0 Å². The molecule has 0 heterocycles. The minimum atomic E-state index is 0.248. The number of hydrogen-bond acceptors (Lipinski definition) is 1. The first kappa shape index (κ1) is 8.61. The Hall–Kier alpha value is -0.980. The zero-order valence-electron chi connectivity index (χ0n) is 8.52. The van der Waals surface area contributed by atoms with Gasteiger partial charge >= 0.3 is 0 Å². The van der Waals surface area contributed by atoms with Crippen LogP contribution in [0.1, 0.15) is 37.0 Å². The van der Waals surface area contributed by atoms with Crippen molar-refractivity contribution in [3.05, 3.63) is 28.8 Å². The maximum atomic E-state index is 9.62. The average Bonchev–Trinajstić information content (AvgIpc) is 2.35. The van der Waals surface area contributed by atoms with E-state index >= 15 is 0 Å². The molecule has 0 radical (unpaired) electrons. The van der Waals surface area contributed by atoms with Crippen molar-refractivity contribution in [2.45, 2.75) is 39.0 Å². The Morgan fingerprint density at radius 1 is 1.31 bits per heavy atom. The van der Waals surface area contributed by atoms with Crippen LogP contribution in [0.3, 0.4) is 0 Å². The van der Waals surface area contributed by atoms with E-state index in [1.165, 1.54) is 17.5 Å². The predicted octanol–water partition coefficient (Wildman–Crippen LogP) is 2.92. The summed E-state index contributed by atoms with van der Waals surface area (Å²) in [5, 5.41) is 9.62. The van der Waals surface area contributed by atoms with Gasteiger partial charge < -0.3 is 5.11 Å². The van der Waals surface area contributed by atoms with Crippen molar-refractivity contribution < 1.29 is 5.11 Å². The van der Waals surface area contributed by atoms with E-state index in [2.05, 4.69) is 19.9 Å². The van der Waals surface area contributed by atoms with Crippen LogP contribution < -0.4 is 0 Å². The lowest BCUT2D eigenvalue weighted by molar-refractivity contribution is 0.463. The number of aromatic hydroxyl groups is 1. The Bertz CT molecular complexity index is 350. The Morgan fingerprint density at radius 3 is 2.69 bits per heavy atom. The van der Waals surface area contributed by atoms with Gasteiger partial charge in [0.2, 0.25) is 0 Å². The number of rotatable bonds is 0. The third kappa shape index (κ3) is 1.14. The van der Waals surface area contributed by atoms with E-state index in [0.717, 1.165) is 12.0 Å². The molecule has 1 aromatic rings. The predicted molar refractivity (Wildman–Crippen MR) is 54.2 cm³/mol. The zero-order valence-corrected chi connectivity index (χ0v) is 8.52. The Labute approximate surface area is 79.4 Å². The van der Waals surface area contributed by atoms with Crippen molar-refractivity contribution in [1.29, 1.82) is 0 Å². The number of aryl methyl sites for hydroxylation is 1. The van der Waals surface area contributed by atoms with E-state index in [1.807, 2.05) is 13.0 Å². The molecule has 1 nitrogen and oxygen atoms in total. The molecule has 1 N–H and O–H groups in total. The largest absolute Gasteiger partial charge is 0.508 e. The summed E-state index contributed by atoms with van der Waals surface area (Å²) in [7, 11) is 0. The fourth-order valence-electron chi connectivity index (χ4n) is 2.48. The van der Waals surface area contributed by atoms with Gasteiger partial charge in [0, 0.05) is 0 Å². The zero-order chi connectivity index (χ0) is 9.64. The Balaban J connectivity index is 2.68. The van der Waals surface area contributed by atoms with Crippen molar-refractivity contribution in [1.82, 2.24) is 0 Å². The molecule has 13 heavy (non-hydrogen) atoms. The topological polar surface area (TPSA) is 20.2 Å². The van der Waals surface area contributed by atoms with Gasteiger partial charge in [-0.2, -0.15) is 0 Å². The lowest BCUT2D eigenvalue weighted by atomic mass is 9.84. The number of hydrogen-bond donors (Lipinski definition) is 1. The molecule has 0 saturated heterocycles. The second kappa shape index (κ2) is 2.50. The van der Waals surface area contributed by atoms with E-state index < -0.39 is 0 Å². The molecular weight excluding hydrogens is 160 g/mol. The smallest absolute Gasteiger partial charge is 0.118 e. The fraction of sp³-hybridized carbons (Fsp3) is 0.500. The van der Waals surface area contributed by atoms with Crippen LogP contribution in [0, 0.1) is 6.92 Å². The molecule has 0 bridgehead atoms. The van der Waals surface area contributed by atoms with Gasteiger partial charge in [0.25, 0.3) is 0 Å². The monoisotopic (exact) mass is 176 g/mol. The number of phenols is 1. The van der Waals surface area contributed by atoms with Crippen LogP contribution in [-0.2, 0) is 11.8 Å². The van der Waals surface area contributed by atoms with Gasteiger partial charge in [0.1, 0.15) is 5.75 Å². The van der Waals surface area contributed by atoms with Gasteiger partial charge in [0.15, 0.2) is 0 Å². The molecule has 1 heteroatoms. The number of benzene rings is 1. The summed E-state index contributed by atoms with van der Waals surface area (Å²) < 4.78 is 0. The summed E-state index contributed by atoms with van der Waals surface area (Å²) in [6.45, 7) is 6.53. The molecule has 0 atom stereocenters. The van der Waals surface area contributed by atoms with Crippen molar-refractivity contribution in [2.75, 3.05) is 0 Å². The molecule has 0 amide bonds. The minimum Gasteiger partial charge on any atom is -0.508 e. The molecule has 1 aromatic carbocycles. The first-order valence-corrected chi connectivity index (χ1v) is 4.84. The lowest BCUT2D eigenvalue weighted by Gasteiger charge is -2.21. The van der Waals surface area contributed by atoms with Crippen LogP contribution in [0.5, 0.6) is 5.75 Å². The lowest BCUT2D eigenvalue weighted by Crippen LogP contribution is -2.13. The molecular formula is C12H16O. The molecule has 0 spiro atoms. The molecule has 70 valence electrons. The number of fused-ring (bicyclic) bond motifs is 1. The van der Waals surface area contributed by atoms with Gasteiger partial charge in [-0.1, -0.05) is 19.9 Å². The van der Waals surface area contributed by atoms with Crippen LogP contribution in [0.4, 0.5) is 0 Å². The molecule has 1 aliphatic carbocycles. The summed E-state index contributed by atoms with van der Waals surface area (Å²) in [6, 6.07) is 3.88. The van der Waals surface area contributed by atoms with E-state index in [9.17, 15) is 5.11 Å². The van der Waals surface area contributed by atoms with Gasteiger partial charge in [-0.3, -0.25) is 0 Å². The average molecular weight is 176 g/mol. The molecule has 0 unspecified atom stereocenters. The third-order valence-corrected chi connectivity index (χ3v) is 3.22. The first-order chi connectivity index (χ1) is 6.02. The maximum Gasteiger partial charge on any atom is 0.118 e. The van der Waals surface area contributed by atoms with Crippen LogP contribution in [-0.4, -0.2) is 5.11 Å². The summed E-state index contributed by atoms with van der Waals surface area (Å²) >= 11 is 0. The summed E-state index contributed by atoms with van der Waals surface area (Å²) in [4.78, 5) is 0. The van der Waals surface area contributed by atoms with Crippen LogP contribution in [0.25, 0.3) is 0 Å². The second-order valence-corrected chi connectivity index (χ2v) is 4.63. The highest BCUT2D eigenvalue weighted by Gasteiger charge is 2.31. The van der Waals surface area contributed by atoms with Crippen molar-refractivity contribution in [2.24, 2.45) is 0 Å².